The molecule has 148 valence electrons. The molecule has 1 aliphatic rings. The van der Waals surface area contributed by atoms with Crippen molar-refractivity contribution in [2.24, 2.45) is 7.05 Å². The summed E-state index contributed by atoms with van der Waals surface area (Å²) in [6.07, 6.45) is 5.26. The minimum absolute atomic E-state index is 0. The number of hydrogen-bond donors (Lipinski definition) is 2. The molecule has 1 atom stereocenters. The highest BCUT2D eigenvalue weighted by atomic mass is 35.5. The summed E-state index contributed by atoms with van der Waals surface area (Å²) in [5, 5.41) is 11.1. The third kappa shape index (κ3) is 5.02. The maximum Gasteiger partial charge on any atom is 0.241 e. The molecule has 1 fully saturated rings. The van der Waals surface area contributed by atoms with Crippen LogP contribution in [0.15, 0.2) is 36.7 Å². The van der Waals surface area contributed by atoms with Crippen LogP contribution in [-0.2, 0) is 22.0 Å². The molecule has 1 aliphatic heterocycles. The molecule has 1 aromatic heterocycles. The first-order chi connectivity index (χ1) is 12.5. The van der Waals surface area contributed by atoms with Crippen molar-refractivity contribution in [3.63, 3.8) is 0 Å². The Bertz CT molecular complexity index is 760. The van der Waals surface area contributed by atoms with Crippen molar-refractivity contribution in [3.05, 3.63) is 52.8 Å². The molecule has 1 unspecified atom stereocenters. The van der Waals surface area contributed by atoms with Gasteiger partial charge in [0.25, 0.3) is 0 Å². The predicted molar refractivity (Wildman–Crippen MR) is 108 cm³/mol. The summed E-state index contributed by atoms with van der Waals surface area (Å²) in [7, 11) is 3.61. The number of nitrogens with one attached hydrogen (secondary N) is 2. The number of benzene rings is 1. The monoisotopic (exact) mass is 412 g/mol. The number of halogens is 2. The first-order valence-corrected chi connectivity index (χ1v) is 9.19. The number of carbonyl (C=O) groups excluding carboxylic acids is 1. The highest BCUT2D eigenvalue weighted by Gasteiger charge is 2.35. The van der Waals surface area contributed by atoms with Crippen LogP contribution in [0.25, 0.3) is 0 Å². The molecule has 0 bridgehead atoms. The van der Waals surface area contributed by atoms with E-state index in [4.69, 9.17) is 16.3 Å². The maximum absolute atomic E-state index is 12.8. The van der Waals surface area contributed by atoms with E-state index >= 15 is 0 Å². The average Bonchev–Trinajstić information content (AvgIpc) is 3.07. The van der Waals surface area contributed by atoms with Crippen LogP contribution >= 0.6 is 24.0 Å². The molecule has 0 spiro atoms. The van der Waals surface area contributed by atoms with Gasteiger partial charge in [0, 0.05) is 49.0 Å². The Balaban J connectivity index is 0.00000261. The van der Waals surface area contributed by atoms with Gasteiger partial charge in [-0.25, -0.2) is 0 Å². The number of amides is 1. The van der Waals surface area contributed by atoms with E-state index in [0.29, 0.717) is 24.8 Å². The summed E-state index contributed by atoms with van der Waals surface area (Å²) in [6.45, 7) is 1.91. The molecule has 2 N–H and O–H groups in total. The number of nitrogens with zero attached hydrogens (tertiary/aromatic N) is 2. The summed E-state index contributed by atoms with van der Waals surface area (Å²) < 4.78 is 7.25. The zero-order valence-corrected chi connectivity index (χ0v) is 17.1. The third-order valence-electron chi connectivity index (χ3n) is 5.10. The molecule has 6 nitrogen and oxygen atoms in total. The standard InChI is InChI=1S/C19H25ClN4O2.ClH/c1-21-17(14-11-23-24(2)12-14)18(25)22-13-19(6-8-26-9-7-19)15-4-3-5-16(20)10-15;/h3-5,10-12,17,21H,6-9,13H2,1-2H3,(H,22,25);1H. The van der Waals surface area contributed by atoms with Gasteiger partial charge < -0.3 is 15.4 Å². The van der Waals surface area contributed by atoms with Crippen LogP contribution in [0.3, 0.4) is 0 Å². The van der Waals surface area contributed by atoms with E-state index in [0.717, 1.165) is 24.0 Å². The quantitative estimate of drug-likeness (QED) is 0.764. The number of aromatic nitrogens is 2. The number of rotatable bonds is 6. The fraction of sp³-hybridized carbons (Fsp3) is 0.474. The number of likely N-dealkylation sites (N-methyl/N-ethyl adjacent to an activating group) is 1. The van der Waals surface area contributed by atoms with Crippen molar-refractivity contribution >= 4 is 29.9 Å². The molecule has 2 heterocycles. The summed E-state index contributed by atoms with van der Waals surface area (Å²) in [5.41, 5.74) is 1.83. The van der Waals surface area contributed by atoms with Gasteiger partial charge in [0.15, 0.2) is 0 Å². The van der Waals surface area contributed by atoms with E-state index in [1.807, 2.05) is 31.4 Å². The average molecular weight is 413 g/mol. The van der Waals surface area contributed by atoms with Gasteiger partial charge in [-0.2, -0.15) is 5.10 Å². The zero-order valence-electron chi connectivity index (χ0n) is 15.6. The van der Waals surface area contributed by atoms with E-state index in [9.17, 15) is 4.79 Å². The van der Waals surface area contributed by atoms with Crippen LogP contribution in [0.4, 0.5) is 0 Å². The fourth-order valence-corrected chi connectivity index (χ4v) is 3.74. The Hall–Kier alpha value is -1.60. The van der Waals surface area contributed by atoms with Crippen molar-refractivity contribution in [2.75, 3.05) is 26.8 Å². The second kappa shape index (κ2) is 9.55. The number of hydrogen-bond acceptors (Lipinski definition) is 4. The van der Waals surface area contributed by atoms with Gasteiger partial charge in [-0.1, -0.05) is 23.7 Å². The van der Waals surface area contributed by atoms with E-state index in [1.54, 1.807) is 17.9 Å². The molecule has 1 aromatic carbocycles. The largest absolute Gasteiger partial charge is 0.381 e. The summed E-state index contributed by atoms with van der Waals surface area (Å²) in [6, 6.07) is 7.48. The fourth-order valence-electron chi connectivity index (χ4n) is 3.54. The first-order valence-electron chi connectivity index (χ1n) is 8.81. The van der Waals surface area contributed by atoms with Crippen molar-refractivity contribution in [1.82, 2.24) is 20.4 Å². The molecule has 1 amide bonds. The normalized spacial score (nSPS) is 17.0. The van der Waals surface area contributed by atoms with E-state index in [1.165, 1.54) is 0 Å². The summed E-state index contributed by atoms with van der Waals surface area (Å²) in [4.78, 5) is 12.8. The van der Waals surface area contributed by atoms with Gasteiger partial charge in [0.05, 0.1) is 6.20 Å². The topological polar surface area (TPSA) is 68.2 Å². The van der Waals surface area contributed by atoms with Gasteiger partial charge in [-0.05, 0) is 37.6 Å². The lowest BCUT2D eigenvalue weighted by Gasteiger charge is -2.38. The number of carbonyl (C=O) groups is 1. The second-order valence-electron chi connectivity index (χ2n) is 6.79. The molecule has 0 saturated carbocycles. The number of aryl methyl sites for hydroxylation is 1. The zero-order chi connectivity index (χ0) is 18.6. The minimum Gasteiger partial charge on any atom is -0.381 e. The van der Waals surface area contributed by atoms with Crippen LogP contribution in [0.2, 0.25) is 5.02 Å². The third-order valence-corrected chi connectivity index (χ3v) is 5.33. The Morgan fingerprint density at radius 1 is 1.41 bits per heavy atom. The van der Waals surface area contributed by atoms with Crippen LogP contribution < -0.4 is 10.6 Å². The van der Waals surface area contributed by atoms with Crippen molar-refractivity contribution in [3.8, 4) is 0 Å². The van der Waals surface area contributed by atoms with Crippen LogP contribution in [-0.4, -0.2) is 42.5 Å². The van der Waals surface area contributed by atoms with Crippen LogP contribution in [0, 0.1) is 0 Å². The van der Waals surface area contributed by atoms with E-state index < -0.39 is 6.04 Å². The summed E-state index contributed by atoms with van der Waals surface area (Å²) >= 11 is 6.21. The Morgan fingerprint density at radius 3 is 2.74 bits per heavy atom. The molecule has 8 heteroatoms. The van der Waals surface area contributed by atoms with Gasteiger partial charge >= 0.3 is 0 Å². The molecule has 3 rings (SSSR count). The Labute approximate surface area is 171 Å². The summed E-state index contributed by atoms with van der Waals surface area (Å²) in [5.74, 6) is -0.0617. The molecular formula is C19H26Cl2N4O2. The minimum atomic E-state index is -0.431. The lowest BCUT2D eigenvalue weighted by Crippen LogP contribution is -2.47. The molecule has 1 saturated heterocycles. The lowest BCUT2D eigenvalue weighted by atomic mass is 9.74. The predicted octanol–water partition coefficient (Wildman–Crippen LogP) is 2.62. The van der Waals surface area contributed by atoms with Crippen molar-refractivity contribution in [1.29, 1.82) is 0 Å². The lowest BCUT2D eigenvalue weighted by molar-refractivity contribution is -0.123. The van der Waals surface area contributed by atoms with Crippen LogP contribution in [0.5, 0.6) is 0 Å². The molecular weight excluding hydrogens is 387 g/mol. The van der Waals surface area contributed by atoms with E-state index in [-0.39, 0.29) is 23.7 Å². The molecule has 0 radical (unpaired) electrons. The van der Waals surface area contributed by atoms with Gasteiger partial charge in [0.2, 0.25) is 5.91 Å². The Kier molecular flexibility index (Phi) is 7.68. The SMILES string of the molecule is CNC(C(=O)NCC1(c2cccc(Cl)c2)CCOCC1)c1cnn(C)c1.Cl. The van der Waals surface area contributed by atoms with Gasteiger partial charge in [-0.3, -0.25) is 9.48 Å². The van der Waals surface area contributed by atoms with Crippen molar-refractivity contribution < 1.29 is 9.53 Å². The van der Waals surface area contributed by atoms with Crippen molar-refractivity contribution in [2.45, 2.75) is 24.3 Å². The van der Waals surface area contributed by atoms with Gasteiger partial charge in [-0.15, -0.1) is 12.4 Å². The Morgan fingerprint density at radius 2 is 2.15 bits per heavy atom. The smallest absolute Gasteiger partial charge is 0.241 e. The molecule has 0 aliphatic carbocycles. The number of ether oxygens (including phenoxy) is 1. The highest BCUT2D eigenvalue weighted by Crippen LogP contribution is 2.35. The van der Waals surface area contributed by atoms with Crippen LogP contribution in [0.1, 0.15) is 30.0 Å². The van der Waals surface area contributed by atoms with E-state index in [2.05, 4.69) is 21.8 Å². The molecule has 2 aromatic rings. The highest BCUT2D eigenvalue weighted by molar-refractivity contribution is 6.30. The molecule has 27 heavy (non-hydrogen) atoms. The second-order valence-corrected chi connectivity index (χ2v) is 7.23. The first kappa shape index (κ1) is 21.7. The van der Waals surface area contributed by atoms with Gasteiger partial charge in [0.1, 0.15) is 6.04 Å². The maximum atomic E-state index is 12.8.